The predicted molar refractivity (Wildman–Crippen MR) is 101 cm³/mol. The third-order valence-corrected chi connectivity index (χ3v) is 5.96. The highest BCUT2D eigenvalue weighted by molar-refractivity contribution is 8.01. The van der Waals surface area contributed by atoms with Gasteiger partial charge in [0, 0.05) is 16.5 Å². The Balaban J connectivity index is 1.64. The maximum absolute atomic E-state index is 12.6. The standard InChI is InChI=1S/C19H21ClN2OS/c1-22(2)16(14-8-4-5-9-15(14)20)12-21-19(23)18-11-13-7-3-6-10-17(13)24-18/h3-10,16,18H,11-12H2,1-2H3,(H,21,23)/t16-,18-/m1/s1. The lowest BCUT2D eigenvalue weighted by molar-refractivity contribution is -0.120. The van der Waals surface area contributed by atoms with Crippen LogP contribution in [-0.2, 0) is 11.2 Å². The minimum Gasteiger partial charge on any atom is -0.353 e. The van der Waals surface area contributed by atoms with Crippen LogP contribution in [-0.4, -0.2) is 36.7 Å². The van der Waals surface area contributed by atoms with E-state index in [0.29, 0.717) is 6.54 Å². The van der Waals surface area contributed by atoms with Gasteiger partial charge < -0.3 is 10.2 Å². The highest BCUT2D eigenvalue weighted by atomic mass is 35.5. The van der Waals surface area contributed by atoms with Crippen LogP contribution in [0.5, 0.6) is 0 Å². The Kier molecular flexibility index (Phi) is 5.49. The van der Waals surface area contributed by atoms with Gasteiger partial charge in [0.1, 0.15) is 0 Å². The summed E-state index contributed by atoms with van der Waals surface area (Å²) in [7, 11) is 4.00. The van der Waals surface area contributed by atoms with Crippen molar-refractivity contribution in [1.82, 2.24) is 10.2 Å². The molecule has 0 fully saturated rings. The van der Waals surface area contributed by atoms with Gasteiger partial charge in [-0.25, -0.2) is 0 Å². The van der Waals surface area contributed by atoms with Crippen molar-refractivity contribution >= 4 is 29.3 Å². The number of hydrogen-bond donors (Lipinski definition) is 1. The minimum absolute atomic E-state index is 0.0449. The molecule has 2 aromatic carbocycles. The van der Waals surface area contributed by atoms with Crippen LogP contribution in [0.2, 0.25) is 5.02 Å². The van der Waals surface area contributed by atoms with Gasteiger partial charge in [0.2, 0.25) is 5.91 Å². The molecule has 1 aliphatic heterocycles. The van der Waals surface area contributed by atoms with Crippen molar-refractivity contribution in [1.29, 1.82) is 0 Å². The number of benzene rings is 2. The van der Waals surface area contributed by atoms with E-state index in [2.05, 4.69) is 22.3 Å². The number of halogens is 1. The van der Waals surface area contributed by atoms with Gasteiger partial charge in [-0.2, -0.15) is 0 Å². The van der Waals surface area contributed by atoms with Gasteiger partial charge >= 0.3 is 0 Å². The molecular formula is C19H21ClN2OS. The van der Waals surface area contributed by atoms with Crippen molar-refractivity contribution in [3.8, 4) is 0 Å². The van der Waals surface area contributed by atoms with Gasteiger partial charge in [0.25, 0.3) is 0 Å². The lowest BCUT2D eigenvalue weighted by Crippen LogP contribution is -2.38. The van der Waals surface area contributed by atoms with Gasteiger partial charge in [-0.1, -0.05) is 48.0 Å². The van der Waals surface area contributed by atoms with E-state index < -0.39 is 0 Å². The first-order valence-electron chi connectivity index (χ1n) is 7.99. The second kappa shape index (κ2) is 7.60. The summed E-state index contributed by atoms with van der Waals surface area (Å²) in [5.74, 6) is 0.0927. The van der Waals surface area contributed by atoms with Crippen LogP contribution >= 0.6 is 23.4 Å². The molecule has 0 bridgehead atoms. The molecule has 0 radical (unpaired) electrons. The molecule has 3 nitrogen and oxygen atoms in total. The number of fused-ring (bicyclic) bond motifs is 1. The van der Waals surface area contributed by atoms with Crippen LogP contribution in [0.1, 0.15) is 17.2 Å². The predicted octanol–water partition coefficient (Wildman–Crippen LogP) is 3.78. The Morgan fingerprint density at radius 2 is 1.96 bits per heavy atom. The zero-order chi connectivity index (χ0) is 17.1. The average molecular weight is 361 g/mol. The van der Waals surface area contributed by atoms with Gasteiger partial charge in [0.15, 0.2) is 0 Å². The van der Waals surface area contributed by atoms with Gasteiger partial charge in [-0.15, -0.1) is 11.8 Å². The smallest absolute Gasteiger partial charge is 0.233 e. The monoisotopic (exact) mass is 360 g/mol. The van der Waals surface area contributed by atoms with Crippen LogP contribution in [0.3, 0.4) is 0 Å². The molecule has 0 saturated carbocycles. The van der Waals surface area contributed by atoms with Crippen LogP contribution < -0.4 is 5.32 Å². The van der Waals surface area contributed by atoms with E-state index in [1.807, 2.05) is 50.5 Å². The van der Waals surface area contributed by atoms with Crippen molar-refractivity contribution in [2.75, 3.05) is 20.6 Å². The van der Waals surface area contributed by atoms with E-state index in [0.717, 1.165) is 17.0 Å². The Labute approximate surface area is 152 Å². The number of likely N-dealkylation sites (N-methyl/N-ethyl adjacent to an activating group) is 1. The SMILES string of the molecule is CN(C)[C@H](CNC(=O)[C@H]1Cc2ccccc2S1)c1ccccc1Cl. The number of thioether (sulfide) groups is 1. The van der Waals surface area contributed by atoms with Crippen molar-refractivity contribution in [2.45, 2.75) is 22.6 Å². The maximum atomic E-state index is 12.6. The average Bonchev–Trinajstić information content (AvgIpc) is 3.00. The van der Waals surface area contributed by atoms with E-state index in [9.17, 15) is 4.79 Å². The first kappa shape index (κ1) is 17.3. The number of carbonyl (C=O) groups is 1. The fourth-order valence-corrected chi connectivity index (χ4v) is 4.44. The number of hydrogen-bond acceptors (Lipinski definition) is 3. The minimum atomic E-state index is -0.0449. The van der Waals surface area contributed by atoms with Gasteiger partial charge in [-0.3, -0.25) is 4.79 Å². The van der Waals surface area contributed by atoms with Gasteiger partial charge in [-0.05, 0) is 43.8 Å². The quantitative estimate of drug-likeness (QED) is 0.880. The summed E-state index contributed by atoms with van der Waals surface area (Å²) in [6.07, 6.45) is 0.797. The van der Waals surface area contributed by atoms with E-state index in [1.54, 1.807) is 11.8 Å². The molecule has 1 N–H and O–H groups in total. The molecule has 1 heterocycles. The van der Waals surface area contributed by atoms with E-state index in [-0.39, 0.29) is 17.2 Å². The first-order chi connectivity index (χ1) is 11.6. The molecule has 1 aliphatic rings. The highest BCUT2D eigenvalue weighted by Gasteiger charge is 2.28. The number of amides is 1. The second-order valence-corrected chi connectivity index (χ2v) is 7.82. The van der Waals surface area contributed by atoms with E-state index in [1.165, 1.54) is 10.5 Å². The molecule has 2 aromatic rings. The van der Waals surface area contributed by atoms with Crippen LogP contribution in [0.25, 0.3) is 0 Å². The van der Waals surface area contributed by atoms with E-state index in [4.69, 9.17) is 11.6 Å². The molecule has 0 aromatic heterocycles. The molecule has 5 heteroatoms. The Morgan fingerprint density at radius 1 is 1.25 bits per heavy atom. The summed E-state index contributed by atoms with van der Waals surface area (Å²) in [5.41, 5.74) is 2.30. The molecule has 126 valence electrons. The van der Waals surface area contributed by atoms with Crippen molar-refractivity contribution in [2.24, 2.45) is 0 Å². The molecule has 24 heavy (non-hydrogen) atoms. The number of nitrogens with zero attached hydrogens (tertiary/aromatic N) is 1. The van der Waals surface area contributed by atoms with Crippen molar-refractivity contribution in [3.05, 3.63) is 64.7 Å². The summed E-state index contributed by atoms with van der Waals surface area (Å²) in [5, 5.41) is 3.79. The number of nitrogens with one attached hydrogen (secondary N) is 1. The summed E-state index contributed by atoms with van der Waals surface area (Å²) < 4.78 is 0. The lowest BCUT2D eigenvalue weighted by atomic mass is 10.1. The van der Waals surface area contributed by atoms with Crippen LogP contribution in [0.15, 0.2) is 53.4 Å². The first-order valence-corrected chi connectivity index (χ1v) is 9.25. The maximum Gasteiger partial charge on any atom is 0.233 e. The largest absolute Gasteiger partial charge is 0.353 e. The normalized spacial score (nSPS) is 17.6. The highest BCUT2D eigenvalue weighted by Crippen LogP contribution is 2.36. The summed E-state index contributed by atoms with van der Waals surface area (Å²) in [6.45, 7) is 0.545. The number of carbonyl (C=O) groups excluding carboxylic acids is 1. The zero-order valence-electron chi connectivity index (χ0n) is 13.8. The molecular weight excluding hydrogens is 340 g/mol. The molecule has 0 spiro atoms. The van der Waals surface area contributed by atoms with Gasteiger partial charge in [0.05, 0.1) is 11.3 Å². The molecule has 0 aliphatic carbocycles. The Bertz CT molecular complexity index is 710. The molecule has 2 atom stereocenters. The Hall–Kier alpha value is -1.49. The molecule has 0 saturated heterocycles. The fraction of sp³-hybridized carbons (Fsp3) is 0.316. The summed E-state index contributed by atoms with van der Waals surface area (Å²) in [6, 6.07) is 16.1. The summed E-state index contributed by atoms with van der Waals surface area (Å²) in [4.78, 5) is 15.9. The fourth-order valence-electron chi connectivity index (χ4n) is 2.96. The van der Waals surface area contributed by atoms with Crippen molar-refractivity contribution in [3.63, 3.8) is 0 Å². The molecule has 0 unspecified atom stereocenters. The lowest BCUT2D eigenvalue weighted by Gasteiger charge is -2.26. The molecule has 1 amide bonds. The van der Waals surface area contributed by atoms with Crippen molar-refractivity contribution < 1.29 is 4.79 Å². The topological polar surface area (TPSA) is 32.3 Å². The third kappa shape index (κ3) is 3.77. The second-order valence-electron chi connectivity index (χ2n) is 6.16. The zero-order valence-corrected chi connectivity index (χ0v) is 15.4. The number of rotatable bonds is 5. The van der Waals surface area contributed by atoms with E-state index >= 15 is 0 Å². The third-order valence-electron chi connectivity index (χ3n) is 4.30. The van der Waals surface area contributed by atoms with Crippen LogP contribution in [0.4, 0.5) is 0 Å². The summed E-state index contributed by atoms with van der Waals surface area (Å²) >= 11 is 7.97. The van der Waals surface area contributed by atoms with Crippen LogP contribution in [0, 0.1) is 0 Å². The molecule has 3 rings (SSSR count). The Morgan fingerprint density at radius 3 is 2.67 bits per heavy atom.